The average molecular weight is 281 g/mol. The zero-order valence-corrected chi connectivity index (χ0v) is 14.1. The van der Waals surface area contributed by atoms with Gasteiger partial charge in [-0.15, -0.1) is 0 Å². The number of rotatable bonds is 6. The van der Waals surface area contributed by atoms with Crippen molar-refractivity contribution in [2.75, 3.05) is 39.3 Å². The van der Waals surface area contributed by atoms with Crippen molar-refractivity contribution < 1.29 is 0 Å². The van der Waals surface area contributed by atoms with Crippen molar-refractivity contribution in [2.45, 2.75) is 65.5 Å². The number of piperidine rings is 1. The van der Waals surface area contributed by atoms with E-state index in [9.17, 15) is 0 Å². The van der Waals surface area contributed by atoms with Gasteiger partial charge in [0, 0.05) is 25.2 Å². The third kappa shape index (κ3) is 4.19. The van der Waals surface area contributed by atoms with E-state index in [2.05, 4.69) is 42.8 Å². The summed E-state index contributed by atoms with van der Waals surface area (Å²) in [7, 11) is 0. The Labute approximate surface area is 126 Å². The second-order valence-electron chi connectivity index (χ2n) is 7.54. The molecule has 0 aromatic carbocycles. The molecule has 2 rings (SSSR count). The molecule has 2 aliphatic rings. The highest BCUT2D eigenvalue weighted by Crippen LogP contribution is 2.26. The van der Waals surface area contributed by atoms with Gasteiger partial charge in [0.25, 0.3) is 0 Å². The van der Waals surface area contributed by atoms with Crippen LogP contribution >= 0.6 is 0 Å². The Morgan fingerprint density at radius 1 is 1.15 bits per heavy atom. The Kier molecular flexibility index (Phi) is 5.88. The molecule has 20 heavy (non-hydrogen) atoms. The summed E-state index contributed by atoms with van der Waals surface area (Å²) in [6, 6.07) is 1.42. The molecule has 2 saturated heterocycles. The van der Waals surface area contributed by atoms with Gasteiger partial charge in [-0.05, 0) is 57.8 Å². The lowest BCUT2D eigenvalue weighted by Gasteiger charge is -2.37. The lowest BCUT2D eigenvalue weighted by Crippen LogP contribution is -2.47. The average Bonchev–Trinajstić information content (AvgIpc) is 2.88. The smallest absolute Gasteiger partial charge is 0.0235 e. The molecule has 0 saturated carbocycles. The van der Waals surface area contributed by atoms with Crippen LogP contribution in [-0.4, -0.2) is 61.2 Å². The minimum absolute atomic E-state index is 0.354. The van der Waals surface area contributed by atoms with Crippen LogP contribution in [0.3, 0.4) is 0 Å². The van der Waals surface area contributed by atoms with E-state index in [-0.39, 0.29) is 0 Å². The van der Waals surface area contributed by atoms with E-state index in [0.29, 0.717) is 11.5 Å². The van der Waals surface area contributed by atoms with E-state index in [1.165, 1.54) is 58.4 Å². The van der Waals surface area contributed by atoms with Crippen LogP contribution in [0, 0.1) is 5.41 Å². The Hall–Kier alpha value is -0.120. The van der Waals surface area contributed by atoms with Gasteiger partial charge in [0.05, 0.1) is 0 Å². The van der Waals surface area contributed by atoms with Crippen molar-refractivity contribution in [1.82, 2.24) is 15.1 Å². The second-order valence-corrected chi connectivity index (χ2v) is 7.54. The lowest BCUT2D eigenvalue weighted by atomic mass is 9.85. The predicted octanol–water partition coefficient (Wildman–Crippen LogP) is 2.57. The van der Waals surface area contributed by atoms with Crippen LogP contribution in [-0.2, 0) is 0 Å². The Morgan fingerprint density at radius 2 is 1.85 bits per heavy atom. The van der Waals surface area contributed by atoms with Crippen molar-refractivity contribution in [2.24, 2.45) is 5.41 Å². The molecule has 0 radical (unpaired) electrons. The molecule has 0 bridgehead atoms. The van der Waals surface area contributed by atoms with Crippen molar-refractivity contribution in [3.05, 3.63) is 0 Å². The monoisotopic (exact) mass is 281 g/mol. The van der Waals surface area contributed by atoms with Crippen LogP contribution in [0.4, 0.5) is 0 Å². The highest BCUT2D eigenvalue weighted by Gasteiger charge is 2.33. The first kappa shape index (κ1) is 16.3. The van der Waals surface area contributed by atoms with Gasteiger partial charge >= 0.3 is 0 Å². The maximum atomic E-state index is 3.60. The molecule has 0 amide bonds. The minimum atomic E-state index is 0.354. The molecular weight excluding hydrogens is 246 g/mol. The lowest BCUT2D eigenvalue weighted by molar-refractivity contribution is 0.136. The number of likely N-dealkylation sites (tertiary alicyclic amines) is 2. The molecule has 0 aromatic heterocycles. The quantitative estimate of drug-likeness (QED) is 0.807. The molecule has 0 aliphatic carbocycles. The molecule has 2 atom stereocenters. The number of hydrogen-bond donors (Lipinski definition) is 1. The van der Waals surface area contributed by atoms with Gasteiger partial charge < -0.3 is 10.2 Å². The highest BCUT2D eigenvalue weighted by molar-refractivity contribution is 4.90. The number of nitrogens with zero attached hydrogens (tertiary/aromatic N) is 2. The van der Waals surface area contributed by atoms with E-state index in [1.54, 1.807) is 0 Å². The predicted molar refractivity (Wildman–Crippen MR) is 87.2 cm³/mol. The van der Waals surface area contributed by atoms with Crippen molar-refractivity contribution in [3.8, 4) is 0 Å². The fourth-order valence-electron chi connectivity index (χ4n) is 3.83. The molecule has 3 nitrogen and oxygen atoms in total. The molecule has 3 heteroatoms. The van der Waals surface area contributed by atoms with Gasteiger partial charge in [-0.3, -0.25) is 4.90 Å². The summed E-state index contributed by atoms with van der Waals surface area (Å²) in [4.78, 5) is 5.46. The van der Waals surface area contributed by atoms with E-state index < -0.39 is 0 Å². The molecular formula is C17H35N3. The highest BCUT2D eigenvalue weighted by atomic mass is 15.3. The van der Waals surface area contributed by atoms with Crippen LogP contribution in [0.15, 0.2) is 0 Å². The van der Waals surface area contributed by atoms with E-state index in [0.717, 1.165) is 12.6 Å². The molecule has 2 aliphatic heterocycles. The molecule has 1 N–H and O–H groups in total. The maximum absolute atomic E-state index is 3.60. The van der Waals surface area contributed by atoms with Crippen LogP contribution < -0.4 is 5.32 Å². The molecule has 0 spiro atoms. The van der Waals surface area contributed by atoms with Gasteiger partial charge in [-0.1, -0.05) is 27.2 Å². The standard InChI is InChI=1S/C17H35N3/c1-5-18-15(2)17(3,4)14-19-12-9-16(13-19)20-10-7-6-8-11-20/h15-16,18H,5-14H2,1-4H3. The Morgan fingerprint density at radius 3 is 2.50 bits per heavy atom. The van der Waals surface area contributed by atoms with Crippen LogP contribution in [0.25, 0.3) is 0 Å². The van der Waals surface area contributed by atoms with Gasteiger partial charge in [0.1, 0.15) is 0 Å². The summed E-state index contributed by atoms with van der Waals surface area (Å²) in [6.07, 6.45) is 5.66. The van der Waals surface area contributed by atoms with E-state index >= 15 is 0 Å². The van der Waals surface area contributed by atoms with Gasteiger partial charge in [-0.2, -0.15) is 0 Å². The molecule has 2 unspecified atom stereocenters. The fraction of sp³-hybridized carbons (Fsp3) is 1.00. The summed E-state index contributed by atoms with van der Waals surface area (Å²) >= 11 is 0. The Balaban J connectivity index is 1.80. The molecule has 2 fully saturated rings. The molecule has 118 valence electrons. The fourth-order valence-corrected chi connectivity index (χ4v) is 3.83. The van der Waals surface area contributed by atoms with Crippen LogP contribution in [0.1, 0.15) is 53.4 Å². The third-order valence-electron chi connectivity index (χ3n) is 5.47. The largest absolute Gasteiger partial charge is 0.314 e. The summed E-state index contributed by atoms with van der Waals surface area (Å²) in [6.45, 7) is 16.9. The maximum Gasteiger partial charge on any atom is 0.0235 e. The summed E-state index contributed by atoms with van der Waals surface area (Å²) in [5.74, 6) is 0. The summed E-state index contributed by atoms with van der Waals surface area (Å²) in [5, 5.41) is 3.60. The van der Waals surface area contributed by atoms with Crippen molar-refractivity contribution in [1.29, 1.82) is 0 Å². The first-order valence-corrected chi connectivity index (χ1v) is 8.72. The normalized spacial score (nSPS) is 27.9. The van der Waals surface area contributed by atoms with Crippen LogP contribution in [0.5, 0.6) is 0 Å². The first-order valence-electron chi connectivity index (χ1n) is 8.72. The molecule has 0 aromatic rings. The van der Waals surface area contributed by atoms with Crippen LogP contribution in [0.2, 0.25) is 0 Å². The van der Waals surface area contributed by atoms with Gasteiger partial charge in [0.15, 0.2) is 0 Å². The molecule has 2 heterocycles. The van der Waals surface area contributed by atoms with Crippen molar-refractivity contribution >= 4 is 0 Å². The summed E-state index contributed by atoms with van der Waals surface area (Å²) < 4.78 is 0. The number of nitrogens with one attached hydrogen (secondary N) is 1. The number of hydrogen-bond acceptors (Lipinski definition) is 3. The topological polar surface area (TPSA) is 18.5 Å². The van der Waals surface area contributed by atoms with E-state index in [1.807, 2.05) is 0 Å². The Bertz CT molecular complexity index is 284. The first-order chi connectivity index (χ1) is 9.53. The summed E-state index contributed by atoms with van der Waals surface area (Å²) in [5.41, 5.74) is 0.354. The van der Waals surface area contributed by atoms with Gasteiger partial charge in [-0.25, -0.2) is 0 Å². The van der Waals surface area contributed by atoms with E-state index in [4.69, 9.17) is 0 Å². The minimum Gasteiger partial charge on any atom is -0.314 e. The third-order valence-corrected chi connectivity index (χ3v) is 5.47. The SMILES string of the molecule is CCNC(C)C(C)(C)CN1CCC(N2CCCCC2)C1. The zero-order valence-electron chi connectivity index (χ0n) is 14.1. The zero-order chi connectivity index (χ0) is 14.6. The van der Waals surface area contributed by atoms with Crippen molar-refractivity contribution in [3.63, 3.8) is 0 Å². The van der Waals surface area contributed by atoms with Gasteiger partial charge in [0.2, 0.25) is 0 Å². The second kappa shape index (κ2) is 7.24.